The second-order valence-corrected chi connectivity index (χ2v) is 7.91. The number of aromatic nitrogens is 2. The predicted molar refractivity (Wildman–Crippen MR) is 106 cm³/mol. The fourth-order valence-electron chi connectivity index (χ4n) is 3.93. The standard InChI is InChI=1S/C19H20FN5O2S/c1-27-16-9-22-15(8-23-16)17(26)24-12-4-5-14(20)13(7-12)19-6-2-3-11(19)10-28-18(21)25-19/h4-5,7-9,11H,2-3,6,10H2,1H3,(H2,21,25)(H,24,26). The SMILES string of the molecule is COc1cnc(C(=O)Nc2ccc(F)c(C34CCCC3CSC(N)=N4)c2)cn1. The number of halogens is 1. The highest BCUT2D eigenvalue weighted by atomic mass is 32.2. The molecule has 1 aliphatic carbocycles. The van der Waals surface area contributed by atoms with Gasteiger partial charge in [0.1, 0.15) is 11.5 Å². The highest BCUT2D eigenvalue weighted by Crippen LogP contribution is 2.51. The lowest BCUT2D eigenvalue weighted by molar-refractivity contribution is 0.102. The molecule has 1 aliphatic heterocycles. The first-order valence-corrected chi connectivity index (χ1v) is 9.96. The summed E-state index contributed by atoms with van der Waals surface area (Å²) in [5.41, 5.74) is 6.42. The molecule has 1 aromatic carbocycles. The van der Waals surface area contributed by atoms with E-state index < -0.39 is 11.4 Å². The minimum absolute atomic E-state index is 0.139. The maximum Gasteiger partial charge on any atom is 0.275 e. The Morgan fingerprint density at radius 1 is 1.39 bits per heavy atom. The van der Waals surface area contributed by atoms with Crippen LogP contribution >= 0.6 is 11.8 Å². The maximum absolute atomic E-state index is 14.8. The van der Waals surface area contributed by atoms with Gasteiger partial charge < -0.3 is 15.8 Å². The molecule has 2 aliphatic rings. The lowest BCUT2D eigenvalue weighted by Gasteiger charge is -2.36. The molecule has 9 heteroatoms. The minimum atomic E-state index is -0.653. The molecule has 1 fully saturated rings. The number of amidine groups is 1. The zero-order valence-corrected chi connectivity index (χ0v) is 16.1. The van der Waals surface area contributed by atoms with Crippen LogP contribution in [0.4, 0.5) is 10.1 Å². The quantitative estimate of drug-likeness (QED) is 0.817. The smallest absolute Gasteiger partial charge is 0.275 e. The number of carbonyl (C=O) groups excluding carboxylic acids is 1. The van der Waals surface area contributed by atoms with Crippen molar-refractivity contribution in [2.75, 3.05) is 18.2 Å². The highest BCUT2D eigenvalue weighted by molar-refractivity contribution is 8.13. The van der Waals surface area contributed by atoms with Crippen LogP contribution in [-0.2, 0) is 5.54 Å². The van der Waals surface area contributed by atoms with Crippen molar-refractivity contribution in [3.63, 3.8) is 0 Å². The Labute approximate surface area is 166 Å². The molecular formula is C19H20FN5O2S. The van der Waals surface area contributed by atoms with Crippen LogP contribution in [0.15, 0.2) is 35.6 Å². The number of amides is 1. The zero-order valence-electron chi connectivity index (χ0n) is 15.3. The van der Waals surface area contributed by atoms with E-state index in [0.29, 0.717) is 22.3 Å². The van der Waals surface area contributed by atoms with E-state index in [1.807, 2.05) is 0 Å². The molecule has 0 saturated heterocycles. The molecule has 2 atom stereocenters. The van der Waals surface area contributed by atoms with Crippen LogP contribution in [0.2, 0.25) is 0 Å². The Hall–Kier alpha value is -2.68. The number of nitrogens with one attached hydrogen (secondary N) is 1. The van der Waals surface area contributed by atoms with Gasteiger partial charge in [0.05, 0.1) is 25.0 Å². The second-order valence-electron chi connectivity index (χ2n) is 6.87. The summed E-state index contributed by atoms with van der Waals surface area (Å²) in [5, 5.41) is 3.24. The van der Waals surface area contributed by atoms with Gasteiger partial charge in [0.2, 0.25) is 5.88 Å². The summed E-state index contributed by atoms with van der Waals surface area (Å²) < 4.78 is 19.7. The first kappa shape index (κ1) is 18.7. The number of fused-ring (bicyclic) bond motifs is 1. The molecule has 3 N–H and O–H groups in total. The number of rotatable bonds is 4. The molecule has 1 amide bonds. The van der Waals surface area contributed by atoms with Gasteiger partial charge in [-0.1, -0.05) is 18.2 Å². The van der Waals surface area contributed by atoms with Gasteiger partial charge in [0.25, 0.3) is 5.91 Å². The molecule has 0 spiro atoms. The number of anilines is 1. The van der Waals surface area contributed by atoms with Crippen molar-refractivity contribution in [3.05, 3.63) is 47.7 Å². The molecule has 2 unspecified atom stereocenters. The van der Waals surface area contributed by atoms with Crippen molar-refractivity contribution >= 4 is 28.5 Å². The summed E-state index contributed by atoms with van der Waals surface area (Å²) in [7, 11) is 1.47. The van der Waals surface area contributed by atoms with Gasteiger partial charge in [-0.05, 0) is 37.0 Å². The topological polar surface area (TPSA) is 102 Å². The van der Waals surface area contributed by atoms with E-state index in [1.54, 1.807) is 6.07 Å². The van der Waals surface area contributed by atoms with E-state index in [0.717, 1.165) is 25.0 Å². The number of hydrogen-bond acceptors (Lipinski definition) is 7. The third kappa shape index (κ3) is 3.30. The zero-order chi connectivity index (χ0) is 19.7. The number of methoxy groups -OCH3 is 1. The number of thioether (sulfide) groups is 1. The largest absolute Gasteiger partial charge is 0.480 e. The third-order valence-electron chi connectivity index (χ3n) is 5.29. The van der Waals surface area contributed by atoms with Crippen LogP contribution < -0.4 is 15.8 Å². The molecule has 0 bridgehead atoms. The van der Waals surface area contributed by atoms with E-state index in [2.05, 4.69) is 20.3 Å². The monoisotopic (exact) mass is 401 g/mol. The minimum Gasteiger partial charge on any atom is -0.480 e. The summed E-state index contributed by atoms with van der Waals surface area (Å²) in [6.07, 6.45) is 5.40. The predicted octanol–water partition coefficient (Wildman–Crippen LogP) is 2.93. The Bertz CT molecular complexity index is 936. The van der Waals surface area contributed by atoms with Crippen molar-refractivity contribution in [1.29, 1.82) is 0 Å². The summed E-state index contributed by atoms with van der Waals surface area (Å²) in [6, 6.07) is 4.55. The van der Waals surface area contributed by atoms with E-state index in [9.17, 15) is 9.18 Å². The van der Waals surface area contributed by atoms with Gasteiger partial charge in [0, 0.05) is 17.0 Å². The lowest BCUT2D eigenvalue weighted by atomic mass is 9.81. The maximum atomic E-state index is 14.8. The van der Waals surface area contributed by atoms with Gasteiger partial charge >= 0.3 is 0 Å². The van der Waals surface area contributed by atoms with Crippen LogP contribution in [-0.4, -0.2) is 33.9 Å². The average Bonchev–Trinajstić information content (AvgIpc) is 3.13. The van der Waals surface area contributed by atoms with Gasteiger partial charge in [-0.15, -0.1) is 0 Å². The molecule has 28 heavy (non-hydrogen) atoms. The summed E-state index contributed by atoms with van der Waals surface area (Å²) in [6.45, 7) is 0. The molecule has 2 aromatic rings. The van der Waals surface area contributed by atoms with Gasteiger partial charge in [0.15, 0.2) is 5.17 Å². The lowest BCUT2D eigenvalue weighted by Crippen LogP contribution is -2.37. The van der Waals surface area contributed by atoms with Crippen molar-refractivity contribution in [2.24, 2.45) is 16.6 Å². The second kappa shape index (κ2) is 7.38. The molecule has 1 saturated carbocycles. The van der Waals surface area contributed by atoms with Crippen LogP contribution in [0.25, 0.3) is 0 Å². The van der Waals surface area contributed by atoms with E-state index in [4.69, 9.17) is 10.5 Å². The third-order valence-corrected chi connectivity index (χ3v) is 6.24. The van der Waals surface area contributed by atoms with Crippen LogP contribution in [0.3, 0.4) is 0 Å². The van der Waals surface area contributed by atoms with Gasteiger partial charge in [-0.2, -0.15) is 0 Å². The number of ether oxygens (including phenoxy) is 1. The molecule has 2 heterocycles. The van der Waals surface area contributed by atoms with E-state index >= 15 is 0 Å². The summed E-state index contributed by atoms with van der Waals surface area (Å²) in [5.74, 6) is 0.607. The van der Waals surface area contributed by atoms with E-state index in [-0.39, 0.29) is 17.4 Å². The van der Waals surface area contributed by atoms with Crippen molar-refractivity contribution in [2.45, 2.75) is 24.8 Å². The molecular weight excluding hydrogens is 381 g/mol. The van der Waals surface area contributed by atoms with E-state index in [1.165, 1.54) is 43.4 Å². The Kier molecular flexibility index (Phi) is 4.92. The van der Waals surface area contributed by atoms with Gasteiger partial charge in [-0.3, -0.25) is 9.79 Å². The Morgan fingerprint density at radius 3 is 3.00 bits per heavy atom. The van der Waals surface area contributed by atoms with Crippen LogP contribution in [0.1, 0.15) is 35.3 Å². The molecule has 7 nitrogen and oxygen atoms in total. The number of nitrogens with zero attached hydrogens (tertiary/aromatic N) is 3. The fourth-order valence-corrected chi connectivity index (χ4v) is 4.97. The number of nitrogens with two attached hydrogens (primary N) is 1. The molecule has 0 radical (unpaired) electrons. The van der Waals surface area contributed by atoms with Gasteiger partial charge in [-0.25, -0.2) is 14.4 Å². The first-order chi connectivity index (χ1) is 13.5. The fraction of sp³-hybridized carbons (Fsp3) is 0.368. The van der Waals surface area contributed by atoms with Crippen molar-refractivity contribution in [1.82, 2.24) is 9.97 Å². The summed E-state index contributed by atoms with van der Waals surface area (Å²) >= 11 is 1.52. The Morgan fingerprint density at radius 2 is 2.25 bits per heavy atom. The molecule has 146 valence electrons. The number of aliphatic imine (C=N–C) groups is 1. The molecule has 1 aromatic heterocycles. The normalized spacial score (nSPS) is 23.6. The number of benzene rings is 1. The average molecular weight is 401 g/mol. The Balaban J connectivity index is 1.64. The van der Waals surface area contributed by atoms with Crippen LogP contribution in [0.5, 0.6) is 5.88 Å². The number of hydrogen-bond donors (Lipinski definition) is 2. The van der Waals surface area contributed by atoms with Crippen molar-refractivity contribution < 1.29 is 13.9 Å². The van der Waals surface area contributed by atoms with Crippen LogP contribution in [0, 0.1) is 11.7 Å². The highest BCUT2D eigenvalue weighted by Gasteiger charge is 2.48. The first-order valence-electron chi connectivity index (χ1n) is 8.97. The van der Waals surface area contributed by atoms with Crippen molar-refractivity contribution in [3.8, 4) is 5.88 Å². The number of carbonyl (C=O) groups is 1. The summed E-state index contributed by atoms with van der Waals surface area (Å²) in [4.78, 5) is 25.1. The molecule has 4 rings (SSSR count).